The Hall–Kier alpha value is -3.95. The van der Waals surface area contributed by atoms with E-state index in [0.717, 1.165) is 5.56 Å². The van der Waals surface area contributed by atoms with E-state index in [9.17, 15) is 14.4 Å². The molecule has 35 heavy (non-hydrogen) atoms. The maximum Gasteiger partial charge on any atom is 0.344 e. The molecule has 2 amide bonds. The van der Waals surface area contributed by atoms with Gasteiger partial charge in [0.05, 0.1) is 28.4 Å². The van der Waals surface area contributed by atoms with Crippen LogP contribution < -0.4 is 24.3 Å². The molecule has 2 unspecified atom stereocenters. The zero-order valence-corrected chi connectivity index (χ0v) is 20.1. The van der Waals surface area contributed by atoms with Crippen LogP contribution >= 0.6 is 0 Å². The average Bonchev–Trinajstić information content (AvgIpc) is 3.42. The third-order valence-electron chi connectivity index (χ3n) is 6.24. The molecule has 0 aliphatic carbocycles. The minimum Gasteiger partial charge on any atom is -0.493 e. The summed E-state index contributed by atoms with van der Waals surface area (Å²) in [5, 5.41) is 2.90. The van der Waals surface area contributed by atoms with E-state index < -0.39 is 18.2 Å². The van der Waals surface area contributed by atoms with Gasteiger partial charge in [-0.05, 0) is 42.7 Å². The normalized spacial score (nSPS) is 18.7. The lowest BCUT2D eigenvalue weighted by Gasteiger charge is -2.29. The minimum atomic E-state index is -1.01. The van der Waals surface area contributed by atoms with Crippen molar-refractivity contribution in [2.24, 2.45) is 0 Å². The Bertz CT molecular complexity index is 1150. The number of fused-ring (bicyclic) bond motifs is 1. The monoisotopic (exact) mass is 484 g/mol. The quantitative estimate of drug-likeness (QED) is 0.540. The first-order chi connectivity index (χ1) is 16.9. The third-order valence-corrected chi connectivity index (χ3v) is 6.24. The molecule has 2 aliphatic heterocycles. The Balaban J connectivity index is 1.48. The highest BCUT2D eigenvalue weighted by molar-refractivity contribution is 5.99. The Kier molecular flexibility index (Phi) is 6.99. The number of ether oxygens (including phenoxy) is 5. The number of benzene rings is 2. The van der Waals surface area contributed by atoms with Crippen molar-refractivity contribution in [1.29, 1.82) is 0 Å². The van der Waals surface area contributed by atoms with Crippen molar-refractivity contribution in [1.82, 2.24) is 10.2 Å². The highest BCUT2D eigenvalue weighted by atomic mass is 16.6. The molecule has 0 bridgehead atoms. The van der Waals surface area contributed by atoms with Gasteiger partial charge in [0.2, 0.25) is 18.0 Å². The minimum absolute atomic E-state index is 0.185. The van der Waals surface area contributed by atoms with Gasteiger partial charge in [0.25, 0.3) is 0 Å². The van der Waals surface area contributed by atoms with Crippen molar-refractivity contribution >= 4 is 17.8 Å². The lowest BCUT2D eigenvalue weighted by molar-refractivity contribution is -0.145. The van der Waals surface area contributed by atoms with E-state index in [1.54, 1.807) is 26.4 Å². The summed E-state index contributed by atoms with van der Waals surface area (Å²) >= 11 is 0. The summed E-state index contributed by atoms with van der Waals surface area (Å²) < 4.78 is 26.8. The topological polar surface area (TPSA) is 113 Å². The molecule has 2 atom stereocenters. The number of amides is 2. The van der Waals surface area contributed by atoms with Crippen LogP contribution in [0.5, 0.6) is 23.0 Å². The van der Waals surface area contributed by atoms with E-state index in [2.05, 4.69) is 5.32 Å². The number of carbonyl (C=O) groups is 3. The van der Waals surface area contributed by atoms with E-state index in [1.165, 1.54) is 19.1 Å². The molecule has 4 rings (SSSR count). The summed E-state index contributed by atoms with van der Waals surface area (Å²) in [6.45, 7) is 0.360. The van der Waals surface area contributed by atoms with Gasteiger partial charge in [0.15, 0.2) is 23.0 Å². The molecule has 0 aromatic heterocycles. The van der Waals surface area contributed by atoms with E-state index in [1.807, 2.05) is 18.2 Å². The van der Waals surface area contributed by atoms with E-state index in [4.69, 9.17) is 23.7 Å². The van der Waals surface area contributed by atoms with E-state index in [0.29, 0.717) is 42.2 Å². The Morgan fingerprint density at radius 3 is 2.40 bits per heavy atom. The van der Waals surface area contributed by atoms with Gasteiger partial charge in [-0.3, -0.25) is 14.5 Å². The van der Waals surface area contributed by atoms with Crippen molar-refractivity contribution in [3.8, 4) is 23.0 Å². The van der Waals surface area contributed by atoms with Gasteiger partial charge < -0.3 is 29.0 Å². The van der Waals surface area contributed by atoms with Crippen LogP contribution in [0.2, 0.25) is 0 Å². The SMILES string of the molecule is COc1ccc(CCNC(=O)C2CCC(=O)N2C2OC(=O)c3c2ccc(OC)c3OC)cc1OC. The van der Waals surface area contributed by atoms with Crippen LogP contribution in [0.1, 0.15) is 40.6 Å². The van der Waals surface area contributed by atoms with Gasteiger partial charge in [-0.15, -0.1) is 0 Å². The van der Waals surface area contributed by atoms with Crippen LogP contribution in [-0.2, 0) is 20.7 Å². The molecule has 1 N–H and O–H groups in total. The molecule has 2 aliphatic rings. The van der Waals surface area contributed by atoms with Gasteiger partial charge in [-0.1, -0.05) is 6.07 Å². The second-order valence-electron chi connectivity index (χ2n) is 8.11. The highest BCUT2D eigenvalue weighted by Gasteiger charge is 2.47. The van der Waals surface area contributed by atoms with Crippen molar-refractivity contribution in [3.63, 3.8) is 0 Å². The number of esters is 1. The molecular formula is C25H28N2O8. The highest BCUT2D eigenvalue weighted by Crippen LogP contribution is 2.45. The molecule has 1 fully saturated rings. The van der Waals surface area contributed by atoms with Crippen LogP contribution in [0, 0.1) is 0 Å². The van der Waals surface area contributed by atoms with Gasteiger partial charge in [0, 0.05) is 18.5 Å². The number of hydrogen-bond acceptors (Lipinski definition) is 8. The first-order valence-electron chi connectivity index (χ1n) is 11.2. The number of hydrogen-bond donors (Lipinski definition) is 1. The number of carbonyl (C=O) groups excluding carboxylic acids is 3. The van der Waals surface area contributed by atoms with Crippen molar-refractivity contribution in [2.45, 2.75) is 31.5 Å². The van der Waals surface area contributed by atoms with E-state index >= 15 is 0 Å². The molecule has 2 heterocycles. The number of nitrogens with zero attached hydrogens (tertiary/aromatic N) is 1. The molecule has 0 radical (unpaired) electrons. The summed E-state index contributed by atoms with van der Waals surface area (Å²) in [6, 6.07) is 8.10. The zero-order chi connectivity index (χ0) is 25.1. The second kappa shape index (κ2) is 10.1. The van der Waals surface area contributed by atoms with E-state index in [-0.39, 0.29) is 29.5 Å². The summed E-state index contributed by atoms with van der Waals surface area (Å²) in [6.07, 6.45) is 0.0709. The smallest absolute Gasteiger partial charge is 0.344 e. The fourth-order valence-corrected chi connectivity index (χ4v) is 4.53. The number of cyclic esters (lactones) is 1. The summed E-state index contributed by atoms with van der Waals surface area (Å²) in [5.74, 6) is 0.652. The summed E-state index contributed by atoms with van der Waals surface area (Å²) in [4.78, 5) is 39.8. The van der Waals surface area contributed by atoms with Gasteiger partial charge in [0.1, 0.15) is 11.6 Å². The van der Waals surface area contributed by atoms with Crippen LogP contribution in [0.15, 0.2) is 30.3 Å². The molecule has 2 aromatic carbocycles. The maximum atomic E-state index is 13.1. The van der Waals surface area contributed by atoms with Crippen LogP contribution in [0.4, 0.5) is 0 Å². The summed E-state index contributed by atoms with van der Waals surface area (Å²) in [7, 11) is 6.02. The van der Waals surface area contributed by atoms with Gasteiger partial charge >= 0.3 is 5.97 Å². The predicted octanol–water partition coefficient (Wildman–Crippen LogP) is 2.24. The first-order valence-corrected chi connectivity index (χ1v) is 11.2. The molecule has 10 nitrogen and oxygen atoms in total. The number of nitrogens with one attached hydrogen (secondary N) is 1. The van der Waals surface area contributed by atoms with Gasteiger partial charge in [-0.25, -0.2) is 4.79 Å². The molecule has 1 saturated heterocycles. The summed E-state index contributed by atoms with van der Waals surface area (Å²) in [5.41, 5.74) is 1.62. The fourth-order valence-electron chi connectivity index (χ4n) is 4.53. The number of methoxy groups -OCH3 is 4. The standard InChI is InChI=1S/C25H28N2O8/c1-31-17-8-5-14(13-19(17)33-3)11-12-26-23(29)16-7-10-20(28)27(16)24-15-6-9-18(32-2)22(34-4)21(15)25(30)35-24/h5-6,8-9,13,16,24H,7,10-12H2,1-4H3,(H,26,29). The van der Waals surface area contributed by atoms with Crippen LogP contribution in [-0.4, -0.2) is 63.7 Å². The molecule has 186 valence electrons. The fraction of sp³-hybridized carbons (Fsp3) is 0.400. The second-order valence-corrected chi connectivity index (χ2v) is 8.11. The van der Waals surface area contributed by atoms with Crippen molar-refractivity contribution in [3.05, 3.63) is 47.0 Å². The van der Waals surface area contributed by atoms with Crippen LogP contribution in [0.25, 0.3) is 0 Å². The molecule has 0 saturated carbocycles. The lowest BCUT2D eigenvalue weighted by atomic mass is 10.0. The van der Waals surface area contributed by atoms with Crippen LogP contribution in [0.3, 0.4) is 0 Å². The zero-order valence-electron chi connectivity index (χ0n) is 20.1. The predicted molar refractivity (Wildman–Crippen MR) is 124 cm³/mol. The maximum absolute atomic E-state index is 13.1. The van der Waals surface area contributed by atoms with Crippen molar-refractivity contribution in [2.75, 3.05) is 35.0 Å². The molecule has 10 heteroatoms. The number of likely N-dealkylation sites (tertiary alicyclic amines) is 1. The van der Waals surface area contributed by atoms with Gasteiger partial charge in [-0.2, -0.15) is 0 Å². The Labute approximate surface area is 203 Å². The Morgan fingerprint density at radius 1 is 1.00 bits per heavy atom. The number of rotatable bonds is 9. The first kappa shape index (κ1) is 24.2. The van der Waals surface area contributed by atoms with Crippen molar-refractivity contribution < 1.29 is 38.1 Å². The average molecular weight is 485 g/mol. The molecule has 0 spiro atoms. The lowest BCUT2D eigenvalue weighted by Crippen LogP contribution is -2.46. The molecular weight excluding hydrogens is 456 g/mol. The Morgan fingerprint density at radius 2 is 1.71 bits per heavy atom. The molecule has 2 aromatic rings. The largest absolute Gasteiger partial charge is 0.493 e. The third kappa shape index (κ3) is 4.43.